The molecule has 92 valence electrons. The molecule has 17 heavy (non-hydrogen) atoms. The van der Waals surface area contributed by atoms with Gasteiger partial charge in [-0.25, -0.2) is 9.18 Å². The molecule has 1 unspecified atom stereocenters. The van der Waals surface area contributed by atoms with Crippen molar-refractivity contribution in [1.82, 2.24) is 5.32 Å². The molecular weight excluding hydrogens is 229 g/mol. The molecule has 0 saturated heterocycles. The van der Waals surface area contributed by atoms with Crippen molar-refractivity contribution in [3.05, 3.63) is 35.6 Å². The molecule has 0 spiro atoms. The van der Waals surface area contributed by atoms with Gasteiger partial charge in [0.25, 0.3) is 0 Å². The average Bonchev–Trinajstić information content (AvgIpc) is 2.28. The number of nitrogens with one attached hydrogen (secondary N) is 1. The summed E-state index contributed by atoms with van der Waals surface area (Å²) in [6.45, 7) is -0.676. The topological polar surface area (TPSA) is 86.6 Å². The van der Waals surface area contributed by atoms with Crippen LogP contribution in [0.5, 0.6) is 0 Å². The van der Waals surface area contributed by atoms with E-state index in [0.717, 1.165) is 0 Å². The SMILES string of the molecule is O=C(Cc1ccc(F)cc1)NC(CO)C(=O)O. The first-order valence-corrected chi connectivity index (χ1v) is 4.90. The molecule has 3 N–H and O–H groups in total. The number of rotatable bonds is 5. The summed E-state index contributed by atoms with van der Waals surface area (Å²) in [5.41, 5.74) is 0.561. The molecule has 5 nitrogen and oxygen atoms in total. The van der Waals surface area contributed by atoms with Crippen LogP contribution >= 0.6 is 0 Å². The molecule has 0 aromatic heterocycles. The van der Waals surface area contributed by atoms with E-state index in [-0.39, 0.29) is 6.42 Å². The second kappa shape index (κ2) is 5.95. The van der Waals surface area contributed by atoms with Crippen LogP contribution < -0.4 is 5.32 Å². The molecule has 0 bridgehead atoms. The zero-order chi connectivity index (χ0) is 12.8. The fourth-order valence-corrected chi connectivity index (χ4v) is 1.22. The van der Waals surface area contributed by atoms with Gasteiger partial charge in [0.15, 0.2) is 0 Å². The molecule has 1 aromatic rings. The van der Waals surface area contributed by atoms with E-state index >= 15 is 0 Å². The van der Waals surface area contributed by atoms with Gasteiger partial charge in [0, 0.05) is 0 Å². The minimum absolute atomic E-state index is 0.0654. The van der Waals surface area contributed by atoms with Gasteiger partial charge in [-0.15, -0.1) is 0 Å². The number of carboxylic acid groups (broad SMARTS) is 1. The Kier molecular flexibility index (Phi) is 4.59. The molecule has 0 heterocycles. The number of benzene rings is 1. The van der Waals surface area contributed by atoms with Crippen molar-refractivity contribution < 1.29 is 24.2 Å². The Labute approximate surface area is 96.9 Å². The lowest BCUT2D eigenvalue weighted by molar-refractivity contribution is -0.142. The molecule has 0 aliphatic carbocycles. The van der Waals surface area contributed by atoms with Gasteiger partial charge >= 0.3 is 5.97 Å². The number of carboxylic acids is 1. The van der Waals surface area contributed by atoms with Gasteiger partial charge in [0.2, 0.25) is 5.91 Å². The van der Waals surface area contributed by atoms with Crippen molar-refractivity contribution in [2.75, 3.05) is 6.61 Å². The van der Waals surface area contributed by atoms with Gasteiger partial charge in [0.05, 0.1) is 13.0 Å². The highest BCUT2D eigenvalue weighted by Gasteiger charge is 2.18. The smallest absolute Gasteiger partial charge is 0.328 e. The largest absolute Gasteiger partial charge is 0.480 e. The first kappa shape index (κ1) is 13.1. The van der Waals surface area contributed by atoms with Gasteiger partial charge in [-0.2, -0.15) is 0 Å². The maximum absolute atomic E-state index is 12.6. The molecule has 0 aliphatic rings. The molecule has 6 heteroatoms. The number of aliphatic carboxylic acids is 1. The lowest BCUT2D eigenvalue weighted by atomic mass is 10.1. The van der Waals surface area contributed by atoms with Crippen LogP contribution in [0, 0.1) is 5.82 Å². The second-order valence-corrected chi connectivity index (χ2v) is 3.44. The first-order chi connectivity index (χ1) is 8.02. The van der Waals surface area contributed by atoms with Gasteiger partial charge in [-0.3, -0.25) is 4.79 Å². The normalized spacial score (nSPS) is 11.9. The van der Waals surface area contributed by atoms with Crippen LogP contribution in [-0.2, 0) is 16.0 Å². The Morgan fingerprint density at radius 1 is 1.29 bits per heavy atom. The predicted molar refractivity (Wildman–Crippen MR) is 56.8 cm³/mol. The molecule has 0 saturated carbocycles. The maximum atomic E-state index is 12.6. The third-order valence-corrected chi connectivity index (χ3v) is 2.09. The van der Waals surface area contributed by atoms with E-state index < -0.39 is 30.3 Å². The standard InChI is InChI=1S/C11H12FNO4/c12-8-3-1-7(2-4-8)5-10(15)13-9(6-14)11(16)17/h1-4,9,14H,5-6H2,(H,13,15)(H,16,17). The van der Waals surface area contributed by atoms with Crippen LogP contribution in [-0.4, -0.2) is 34.7 Å². The van der Waals surface area contributed by atoms with Gasteiger partial charge in [-0.1, -0.05) is 12.1 Å². The summed E-state index contributed by atoms with van der Waals surface area (Å²) in [7, 11) is 0. The van der Waals surface area contributed by atoms with E-state index in [0.29, 0.717) is 5.56 Å². The molecule has 0 aliphatic heterocycles. The Bertz CT molecular complexity index is 404. The third kappa shape index (κ3) is 4.20. The Morgan fingerprint density at radius 2 is 1.88 bits per heavy atom. The van der Waals surface area contributed by atoms with E-state index in [4.69, 9.17) is 10.2 Å². The van der Waals surface area contributed by atoms with E-state index in [1.54, 1.807) is 0 Å². The van der Waals surface area contributed by atoms with Crippen LogP contribution in [0.1, 0.15) is 5.56 Å². The fraction of sp³-hybridized carbons (Fsp3) is 0.273. The number of carbonyl (C=O) groups excluding carboxylic acids is 1. The summed E-state index contributed by atoms with van der Waals surface area (Å²) in [5, 5.41) is 19.4. The van der Waals surface area contributed by atoms with Crippen molar-refractivity contribution in [3.8, 4) is 0 Å². The van der Waals surface area contributed by atoms with Crippen LogP contribution in [0.15, 0.2) is 24.3 Å². The van der Waals surface area contributed by atoms with Crippen LogP contribution in [0.3, 0.4) is 0 Å². The molecule has 0 fully saturated rings. The van der Waals surface area contributed by atoms with Gasteiger partial charge < -0.3 is 15.5 Å². The average molecular weight is 241 g/mol. The van der Waals surface area contributed by atoms with E-state index in [1.807, 2.05) is 0 Å². The Balaban J connectivity index is 2.54. The van der Waals surface area contributed by atoms with E-state index in [2.05, 4.69) is 5.32 Å². The van der Waals surface area contributed by atoms with Crippen LogP contribution in [0.4, 0.5) is 4.39 Å². The third-order valence-electron chi connectivity index (χ3n) is 2.09. The summed E-state index contributed by atoms with van der Waals surface area (Å²) < 4.78 is 12.6. The van der Waals surface area contributed by atoms with E-state index in [1.165, 1.54) is 24.3 Å². The number of halogens is 1. The molecule has 1 amide bonds. The Morgan fingerprint density at radius 3 is 2.35 bits per heavy atom. The number of aliphatic hydroxyl groups is 1. The summed E-state index contributed by atoms with van der Waals surface area (Å²) >= 11 is 0. The van der Waals surface area contributed by atoms with E-state index in [9.17, 15) is 14.0 Å². The Hall–Kier alpha value is -1.95. The monoisotopic (exact) mass is 241 g/mol. The van der Waals surface area contributed by atoms with Crippen molar-refractivity contribution in [2.24, 2.45) is 0 Å². The quantitative estimate of drug-likeness (QED) is 0.673. The molecule has 1 rings (SSSR count). The molecular formula is C11H12FNO4. The number of hydrogen-bond acceptors (Lipinski definition) is 3. The molecule has 0 radical (unpaired) electrons. The fourth-order valence-electron chi connectivity index (χ4n) is 1.22. The minimum atomic E-state index is -1.32. The van der Waals surface area contributed by atoms with Crippen molar-refractivity contribution >= 4 is 11.9 Å². The molecule has 1 atom stereocenters. The van der Waals surface area contributed by atoms with Crippen molar-refractivity contribution in [2.45, 2.75) is 12.5 Å². The molecule has 1 aromatic carbocycles. The lowest BCUT2D eigenvalue weighted by Crippen LogP contribution is -2.43. The summed E-state index contributed by atoms with van der Waals surface area (Å²) in [6.07, 6.45) is -0.0654. The zero-order valence-electron chi connectivity index (χ0n) is 8.89. The van der Waals surface area contributed by atoms with Crippen LogP contribution in [0.25, 0.3) is 0 Å². The highest BCUT2D eigenvalue weighted by molar-refractivity contribution is 5.84. The number of hydrogen-bond donors (Lipinski definition) is 3. The van der Waals surface area contributed by atoms with Crippen molar-refractivity contribution in [1.29, 1.82) is 0 Å². The summed E-state index contributed by atoms with van der Waals surface area (Å²) in [4.78, 5) is 21.9. The highest BCUT2D eigenvalue weighted by Crippen LogP contribution is 2.03. The maximum Gasteiger partial charge on any atom is 0.328 e. The predicted octanol–water partition coefficient (Wildman–Crippen LogP) is -0.0701. The number of amides is 1. The summed E-state index contributed by atoms with van der Waals surface area (Å²) in [6, 6.07) is 3.97. The number of carbonyl (C=O) groups is 2. The second-order valence-electron chi connectivity index (χ2n) is 3.44. The van der Waals surface area contributed by atoms with Gasteiger partial charge in [0.1, 0.15) is 11.9 Å². The summed E-state index contributed by atoms with van der Waals surface area (Å²) in [5.74, 6) is -2.26. The lowest BCUT2D eigenvalue weighted by Gasteiger charge is -2.11. The van der Waals surface area contributed by atoms with Gasteiger partial charge in [-0.05, 0) is 17.7 Å². The highest BCUT2D eigenvalue weighted by atomic mass is 19.1. The first-order valence-electron chi connectivity index (χ1n) is 4.90. The minimum Gasteiger partial charge on any atom is -0.480 e. The zero-order valence-corrected chi connectivity index (χ0v) is 8.89. The van der Waals surface area contributed by atoms with Crippen LogP contribution in [0.2, 0.25) is 0 Å². The number of aliphatic hydroxyl groups excluding tert-OH is 1. The van der Waals surface area contributed by atoms with Crippen molar-refractivity contribution in [3.63, 3.8) is 0 Å².